The van der Waals surface area contributed by atoms with Crippen LogP contribution in [-0.4, -0.2) is 40.1 Å². The number of benzene rings is 2. The fourth-order valence-corrected chi connectivity index (χ4v) is 4.61. The van der Waals surface area contributed by atoms with Gasteiger partial charge in [0, 0.05) is 22.4 Å². The maximum atomic E-state index is 12.3. The topological polar surface area (TPSA) is 89.5 Å². The second-order valence-corrected chi connectivity index (χ2v) is 9.56. The number of thiophene rings is 1. The number of anilines is 1. The van der Waals surface area contributed by atoms with Crippen LogP contribution in [0.5, 0.6) is 0 Å². The predicted octanol–water partition coefficient (Wildman–Crippen LogP) is 4.27. The first-order valence-corrected chi connectivity index (χ1v) is 11.9. The molecule has 8 heteroatoms. The number of hydrogen-bond donors (Lipinski definition) is 1. The molecule has 0 fully saturated rings. The van der Waals surface area contributed by atoms with Crippen LogP contribution in [0.1, 0.15) is 16.6 Å². The summed E-state index contributed by atoms with van der Waals surface area (Å²) in [4.78, 5) is 24.4. The highest BCUT2D eigenvalue weighted by atomic mass is 32.2. The second kappa shape index (κ2) is 9.23. The molecule has 0 atom stereocenters. The smallest absolute Gasteiger partial charge is 0.348 e. The van der Waals surface area contributed by atoms with E-state index in [1.54, 1.807) is 37.3 Å². The Morgan fingerprint density at radius 1 is 1.07 bits per heavy atom. The van der Waals surface area contributed by atoms with Crippen molar-refractivity contribution in [1.82, 2.24) is 0 Å². The van der Waals surface area contributed by atoms with Gasteiger partial charge in [0.15, 0.2) is 9.84 Å². The molecule has 0 radical (unpaired) electrons. The first-order valence-electron chi connectivity index (χ1n) is 9.23. The lowest BCUT2D eigenvalue weighted by molar-refractivity contribution is -0.106. The van der Waals surface area contributed by atoms with Gasteiger partial charge in [-0.1, -0.05) is 24.3 Å². The van der Waals surface area contributed by atoms with Gasteiger partial charge in [-0.05, 0) is 48.4 Å². The number of esters is 1. The molecule has 0 saturated carbocycles. The van der Waals surface area contributed by atoms with Gasteiger partial charge in [-0.3, -0.25) is 0 Å². The molecule has 0 aliphatic carbocycles. The first kappa shape index (κ1) is 21.7. The van der Waals surface area contributed by atoms with E-state index in [1.807, 2.05) is 24.3 Å². The minimum absolute atomic E-state index is 0.225. The van der Waals surface area contributed by atoms with Gasteiger partial charge < -0.3 is 14.8 Å². The van der Waals surface area contributed by atoms with Gasteiger partial charge in [0.1, 0.15) is 11.2 Å². The summed E-state index contributed by atoms with van der Waals surface area (Å²) in [5.41, 5.74) is 3.32. The largest absolute Gasteiger partial charge is 0.462 e. The van der Waals surface area contributed by atoms with E-state index < -0.39 is 15.8 Å². The highest BCUT2D eigenvalue weighted by Gasteiger charge is 2.18. The molecule has 6 nitrogen and oxygen atoms in total. The third kappa shape index (κ3) is 4.95. The molecular weight excluding hydrogens is 422 g/mol. The zero-order valence-corrected chi connectivity index (χ0v) is 18.2. The monoisotopic (exact) mass is 443 g/mol. The quantitative estimate of drug-likeness (QED) is 0.413. The number of carbonyl (C=O) groups excluding carboxylic acids is 2. The minimum Gasteiger partial charge on any atom is -0.462 e. The highest BCUT2D eigenvalue weighted by molar-refractivity contribution is 7.90. The van der Waals surface area contributed by atoms with E-state index >= 15 is 0 Å². The molecule has 0 amide bonds. The number of nitrogens with one attached hydrogen (secondary N) is 1. The maximum Gasteiger partial charge on any atom is 0.348 e. The molecule has 3 aromatic rings. The van der Waals surface area contributed by atoms with Crippen LogP contribution < -0.4 is 5.32 Å². The molecule has 3 rings (SSSR count). The van der Waals surface area contributed by atoms with Crippen molar-refractivity contribution in [2.24, 2.45) is 0 Å². The predicted molar refractivity (Wildman–Crippen MR) is 119 cm³/mol. The van der Waals surface area contributed by atoms with Crippen molar-refractivity contribution >= 4 is 39.1 Å². The summed E-state index contributed by atoms with van der Waals surface area (Å²) in [6.45, 7) is 2.26. The van der Waals surface area contributed by atoms with E-state index in [9.17, 15) is 18.0 Å². The Kier molecular flexibility index (Phi) is 6.69. The molecule has 0 bridgehead atoms. The summed E-state index contributed by atoms with van der Waals surface area (Å²) in [6, 6.07) is 15.9. The zero-order valence-electron chi connectivity index (χ0n) is 16.5. The second-order valence-electron chi connectivity index (χ2n) is 6.50. The van der Waals surface area contributed by atoms with Crippen molar-refractivity contribution in [2.45, 2.75) is 11.8 Å². The van der Waals surface area contributed by atoms with Gasteiger partial charge in [-0.2, -0.15) is 0 Å². The Morgan fingerprint density at radius 3 is 2.27 bits per heavy atom. The van der Waals surface area contributed by atoms with Crippen molar-refractivity contribution in [3.63, 3.8) is 0 Å². The average molecular weight is 444 g/mol. The van der Waals surface area contributed by atoms with Gasteiger partial charge in [0.05, 0.1) is 18.0 Å². The summed E-state index contributed by atoms with van der Waals surface area (Å²) in [5, 5.41) is 2.98. The molecule has 30 heavy (non-hydrogen) atoms. The van der Waals surface area contributed by atoms with Crippen molar-refractivity contribution in [3.05, 3.63) is 59.5 Å². The fourth-order valence-electron chi connectivity index (χ4n) is 2.90. The summed E-state index contributed by atoms with van der Waals surface area (Å²) in [5.74, 6) is -0.396. The number of hydrogen-bond acceptors (Lipinski definition) is 7. The molecule has 1 aromatic heterocycles. The Hall–Kier alpha value is -2.97. The molecule has 0 aliphatic heterocycles. The normalized spacial score (nSPS) is 11.1. The highest BCUT2D eigenvalue weighted by Crippen LogP contribution is 2.40. The fraction of sp³-hybridized carbons (Fsp3) is 0.182. The third-order valence-electron chi connectivity index (χ3n) is 4.34. The van der Waals surface area contributed by atoms with Crippen LogP contribution in [0.15, 0.2) is 59.5 Å². The molecule has 2 aromatic carbocycles. The number of sulfone groups is 1. The van der Waals surface area contributed by atoms with Crippen LogP contribution in [0.2, 0.25) is 0 Å². The third-order valence-corrected chi connectivity index (χ3v) is 6.63. The van der Waals surface area contributed by atoms with Gasteiger partial charge in [0.25, 0.3) is 0 Å². The average Bonchev–Trinajstić information content (AvgIpc) is 3.18. The van der Waals surface area contributed by atoms with Gasteiger partial charge in [0.2, 0.25) is 0 Å². The Labute approximate surface area is 179 Å². The van der Waals surface area contributed by atoms with Crippen LogP contribution >= 0.6 is 11.3 Å². The summed E-state index contributed by atoms with van der Waals surface area (Å²) < 4.78 is 28.7. The van der Waals surface area contributed by atoms with E-state index in [1.165, 1.54) is 11.3 Å². The first-order chi connectivity index (χ1) is 14.3. The zero-order chi connectivity index (χ0) is 21.7. The number of carbonyl (C=O) groups is 2. The van der Waals surface area contributed by atoms with E-state index in [0.29, 0.717) is 4.88 Å². The van der Waals surface area contributed by atoms with Crippen LogP contribution in [0, 0.1) is 0 Å². The van der Waals surface area contributed by atoms with Gasteiger partial charge in [-0.25, -0.2) is 13.2 Å². The molecule has 0 unspecified atom stereocenters. The maximum absolute atomic E-state index is 12.3. The van der Waals surface area contributed by atoms with Crippen LogP contribution in [-0.2, 0) is 19.4 Å². The van der Waals surface area contributed by atoms with Crippen molar-refractivity contribution in [2.75, 3.05) is 24.7 Å². The minimum atomic E-state index is -3.30. The molecule has 156 valence electrons. The molecule has 0 aliphatic rings. The molecular formula is C22H21NO5S2. The summed E-state index contributed by atoms with van der Waals surface area (Å²) in [7, 11) is -3.30. The van der Waals surface area contributed by atoms with Crippen molar-refractivity contribution < 1.29 is 22.7 Å². The van der Waals surface area contributed by atoms with E-state index in [-0.39, 0.29) is 18.0 Å². The molecule has 0 saturated heterocycles. The lowest BCUT2D eigenvalue weighted by atomic mass is 10.0. The molecule has 0 spiro atoms. The lowest BCUT2D eigenvalue weighted by Crippen LogP contribution is -2.01. The van der Waals surface area contributed by atoms with Crippen LogP contribution in [0.25, 0.3) is 21.6 Å². The van der Waals surface area contributed by atoms with E-state index in [0.717, 1.165) is 39.8 Å². The SMILES string of the molecule is CCOC(=O)c1cc(-c2ccc(S(C)(=O)=O)cc2)c(-c2ccc(NCC=O)cc2)s1. The van der Waals surface area contributed by atoms with Crippen LogP contribution in [0.4, 0.5) is 5.69 Å². The Balaban J connectivity index is 2.05. The lowest BCUT2D eigenvalue weighted by Gasteiger charge is -2.07. The molecule has 1 heterocycles. The number of rotatable bonds is 8. The summed E-state index contributed by atoms with van der Waals surface area (Å²) >= 11 is 1.32. The van der Waals surface area contributed by atoms with E-state index in [2.05, 4.69) is 5.32 Å². The standard InChI is InChI=1S/C22H21NO5S2/c1-3-28-22(25)20-14-19(15-6-10-18(11-7-15)30(2,26)27)21(29-20)16-4-8-17(9-5-16)23-12-13-24/h4-11,13-14,23H,3,12H2,1-2H3. The van der Waals surface area contributed by atoms with Crippen molar-refractivity contribution in [3.8, 4) is 21.6 Å². The van der Waals surface area contributed by atoms with Gasteiger partial charge >= 0.3 is 5.97 Å². The van der Waals surface area contributed by atoms with Crippen molar-refractivity contribution in [1.29, 1.82) is 0 Å². The van der Waals surface area contributed by atoms with Gasteiger partial charge in [-0.15, -0.1) is 11.3 Å². The van der Waals surface area contributed by atoms with E-state index in [4.69, 9.17) is 4.74 Å². The number of aldehydes is 1. The Bertz CT molecular complexity index is 1150. The van der Waals surface area contributed by atoms with Crippen LogP contribution in [0.3, 0.4) is 0 Å². The Morgan fingerprint density at radius 2 is 1.70 bits per heavy atom. The number of ether oxygens (including phenoxy) is 1. The molecule has 1 N–H and O–H groups in total. The summed E-state index contributed by atoms with van der Waals surface area (Å²) in [6.07, 6.45) is 1.95.